The topological polar surface area (TPSA) is 52.7 Å². The van der Waals surface area contributed by atoms with Crippen LogP contribution in [0.1, 0.15) is 11.3 Å². The van der Waals surface area contributed by atoms with Crippen molar-refractivity contribution in [3.63, 3.8) is 0 Å². The minimum absolute atomic E-state index is 0. The SMILES string of the molecule is Cc1nn(C)c(-n2ccc3cccnc32)c1/C=C/C=O.[KH]. The van der Waals surface area contributed by atoms with Crippen molar-refractivity contribution in [1.29, 1.82) is 0 Å². The number of fused-ring (bicyclic) bond motifs is 1. The molecular weight excluding hydrogens is 291 g/mol. The Kier molecular flexibility index (Phi) is 5.29. The summed E-state index contributed by atoms with van der Waals surface area (Å²) in [7, 11) is 1.88. The van der Waals surface area contributed by atoms with Crippen LogP contribution in [-0.4, -0.2) is 77.0 Å². The molecule has 5 nitrogen and oxygen atoms in total. The second-order valence-electron chi connectivity index (χ2n) is 4.54. The van der Waals surface area contributed by atoms with Crippen LogP contribution in [0.4, 0.5) is 0 Å². The normalized spacial score (nSPS) is 11.0. The second kappa shape index (κ2) is 6.80. The zero-order valence-electron chi connectivity index (χ0n) is 11.3. The molecule has 0 aliphatic carbocycles. The number of hydrogen-bond donors (Lipinski definition) is 0. The number of carbonyl (C=O) groups is 1. The number of allylic oxidation sites excluding steroid dienone is 1. The van der Waals surface area contributed by atoms with Crippen LogP contribution in [0.25, 0.3) is 22.9 Å². The van der Waals surface area contributed by atoms with E-state index in [1.807, 2.05) is 42.9 Å². The number of aldehydes is 1. The molecule has 0 bridgehead atoms. The van der Waals surface area contributed by atoms with E-state index in [1.54, 1.807) is 17.0 Å². The minimum atomic E-state index is 0. The molecule has 0 unspecified atom stereocenters. The molecule has 3 aromatic heterocycles. The zero-order chi connectivity index (χ0) is 14.1. The Morgan fingerprint density at radius 2 is 2.10 bits per heavy atom. The first kappa shape index (κ1) is 16.3. The van der Waals surface area contributed by atoms with Crippen molar-refractivity contribution in [2.24, 2.45) is 7.05 Å². The molecule has 0 amide bonds. The van der Waals surface area contributed by atoms with Crippen molar-refractivity contribution in [2.75, 3.05) is 0 Å². The molecule has 3 aromatic rings. The Labute approximate surface area is 165 Å². The first-order chi connectivity index (χ1) is 9.72. The number of rotatable bonds is 3. The Hall–Kier alpha value is -1.05. The molecule has 0 aliphatic rings. The fourth-order valence-corrected chi connectivity index (χ4v) is 2.42. The molecule has 0 fully saturated rings. The monoisotopic (exact) mass is 306 g/mol. The van der Waals surface area contributed by atoms with Crippen LogP contribution in [-0.2, 0) is 11.8 Å². The van der Waals surface area contributed by atoms with Crippen LogP contribution in [0.5, 0.6) is 0 Å². The Morgan fingerprint density at radius 1 is 1.29 bits per heavy atom. The van der Waals surface area contributed by atoms with Crippen LogP contribution < -0.4 is 0 Å². The van der Waals surface area contributed by atoms with Gasteiger partial charge in [-0.05, 0) is 37.3 Å². The van der Waals surface area contributed by atoms with E-state index in [-0.39, 0.29) is 51.4 Å². The third-order valence-corrected chi connectivity index (χ3v) is 3.26. The predicted molar refractivity (Wildman–Crippen MR) is 84.8 cm³/mol. The number of pyridine rings is 1. The van der Waals surface area contributed by atoms with Crippen LogP contribution in [0.15, 0.2) is 36.7 Å². The van der Waals surface area contributed by atoms with E-state index in [2.05, 4.69) is 10.1 Å². The summed E-state index contributed by atoms with van der Waals surface area (Å²) in [5.74, 6) is 0.898. The fraction of sp³-hybridized carbons (Fsp3) is 0.133. The van der Waals surface area contributed by atoms with Gasteiger partial charge in [0.1, 0.15) is 17.8 Å². The van der Waals surface area contributed by atoms with E-state index in [1.165, 1.54) is 6.08 Å². The molecule has 0 N–H and O–H groups in total. The van der Waals surface area contributed by atoms with Gasteiger partial charge in [-0.2, -0.15) is 5.10 Å². The summed E-state index contributed by atoms with van der Waals surface area (Å²) < 4.78 is 3.79. The van der Waals surface area contributed by atoms with Crippen molar-refractivity contribution < 1.29 is 4.79 Å². The van der Waals surface area contributed by atoms with Gasteiger partial charge in [0.15, 0.2) is 0 Å². The molecule has 0 saturated carbocycles. The molecule has 21 heavy (non-hydrogen) atoms. The van der Waals surface area contributed by atoms with Gasteiger partial charge in [-0.3, -0.25) is 14.0 Å². The van der Waals surface area contributed by atoms with Crippen molar-refractivity contribution >= 4 is 74.8 Å². The Balaban J connectivity index is 0.00000161. The van der Waals surface area contributed by atoms with E-state index in [9.17, 15) is 4.79 Å². The van der Waals surface area contributed by atoms with Gasteiger partial charge < -0.3 is 0 Å². The summed E-state index contributed by atoms with van der Waals surface area (Å²) in [6.07, 6.45) is 7.75. The van der Waals surface area contributed by atoms with E-state index < -0.39 is 0 Å². The van der Waals surface area contributed by atoms with Gasteiger partial charge in [-0.15, -0.1) is 0 Å². The van der Waals surface area contributed by atoms with Crippen LogP contribution in [0, 0.1) is 6.92 Å². The van der Waals surface area contributed by atoms with E-state index in [0.717, 1.165) is 34.4 Å². The van der Waals surface area contributed by atoms with Crippen LogP contribution in [0.3, 0.4) is 0 Å². The average Bonchev–Trinajstić information content (AvgIpc) is 2.97. The van der Waals surface area contributed by atoms with Crippen molar-refractivity contribution in [2.45, 2.75) is 6.92 Å². The molecular formula is C15H15KN4O. The number of aryl methyl sites for hydroxylation is 2. The van der Waals surface area contributed by atoms with E-state index >= 15 is 0 Å². The van der Waals surface area contributed by atoms with Crippen molar-refractivity contribution in [3.05, 3.63) is 47.9 Å². The standard InChI is InChI=1S/C15H14N4O.K.H/c1-11-13(6-4-10-20)15(18(2)17-11)19-9-7-12-5-3-8-16-14(12)19;;/h3-10H,1-2H3;;/b6-4+;;. The molecule has 0 aromatic carbocycles. The summed E-state index contributed by atoms with van der Waals surface area (Å²) in [5.41, 5.74) is 2.66. The summed E-state index contributed by atoms with van der Waals surface area (Å²) in [4.78, 5) is 15.0. The molecule has 102 valence electrons. The second-order valence-corrected chi connectivity index (χ2v) is 4.54. The molecule has 0 saturated heterocycles. The first-order valence-electron chi connectivity index (χ1n) is 6.30. The fourth-order valence-electron chi connectivity index (χ4n) is 2.42. The van der Waals surface area contributed by atoms with Crippen molar-refractivity contribution in [3.8, 4) is 5.82 Å². The van der Waals surface area contributed by atoms with Gasteiger partial charge >= 0.3 is 51.4 Å². The van der Waals surface area contributed by atoms with Gasteiger partial charge in [0.25, 0.3) is 0 Å². The molecule has 0 aliphatic heterocycles. The molecule has 0 radical (unpaired) electrons. The maximum absolute atomic E-state index is 10.6. The molecule has 3 heterocycles. The maximum atomic E-state index is 10.6. The van der Waals surface area contributed by atoms with Crippen molar-refractivity contribution in [1.82, 2.24) is 19.3 Å². The van der Waals surface area contributed by atoms with Gasteiger partial charge in [0.2, 0.25) is 0 Å². The molecule has 3 rings (SSSR count). The number of nitrogens with zero attached hydrogens (tertiary/aromatic N) is 4. The Bertz CT molecular complexity index is 816. The van der Waals surface area contributed by atoms with Gasteiger partial charge in [-0.25, -0.2) is 4.98 Å². The van der Waals surface area contributed by atoms with Crippen LogP contribution in [0.2, 0.25) is 0 Å². The summed E-state index contributed by atoms with van der Waals surface area (Å²) in [5, 5.41) is 5.49. The number of aromatic nitrogens is 4. The first-order valence-corrected chi connectivity index (χ1v) is 6.30. The van der Waals surface area contributed by atoms with Gasteiger partial charge in [-0.1, -0.05) is 0 Å². The quantitative estimate of drug-likeness (QED) is 0.420. The van der Waals surface area contributed by atoms with E-state index in [0.29, 0.717) is 0 Å². The third-order valence-electron chi connectivity index (χ3n) is 3.26. The third kappa shape index (κ3) is 2.95. The molecule has 6 heteroatoms. The Morgan fingerprint density at radius 3 is 2.86 bits per heavy atom. The van der Waals surface area contributed by atoms with E-state index in [4.69, 9.17) is 0 Å². The zero-order valence-corrected chi connectivity index (χ0v) is 11.3. The molecule has 0 atom stereocenters. The number of hydrogen-bond acceptors (Lipinski definition) is 3. The summed E-state index contributed by atoms with van der Waals surface area (Å²) in [6, 6.07) is 5.94. The predicted octanol–water partition coefficient (Wildman–Crippen LogP) is 1.63. The number of carbonyl (C=O) groups excluding carboxylic acids is 1. The average molecular weight is 306 g/mol. The summed E-state index contributed by atoms with van der Waals surface area (Å²) >= 11 is 0. The van der Waals surface area contributed by atoms with Crippen LogP contribution >= 0.6 is 0 Å². The van der Waals surface area contributed by atoms with Gasteiger partial charge in [0.05, 0.1) is 5.69 Å². The van der Waals surface area contributed by atoms with Gasteiger partial charge in [0, 0.05) is 30.4 Å². The molecule has 0 spiro atoms. The summed E-state index contributed by atoms with van der Waals surface area (Å²) in [6.45, 7) is 1.92.